The van der Waals surface area contributed by atoms with Crippen LogP contribution in [-0.2, 0) is 0 Å². The van der Waals surface area contributed by atoms with Gasteiger partial charge in [0.15, 0.2) is 17.5 Å². The molecule has 0 spiro atoms. The van der Waals surface area contributed by atoms with E-state index in [2.05, 4.69) is 185 Å². The lowest BCUT2D eigenvalue weighted by molar-refractivity contribution is 0.669. The van der Waals surface area contributed by atoms with E-state index < -0.39 is 0 Å². The molecule has 5 heterocycles. The van der Waals surface area contributed by atoms with Crippen molar-refractivity contribution in [2.75, 3.05) is 0 Å². The van der Waals surface area contributed by atoms with E-state index in [1.54, 1.807) is 0 Å². The molecule has 0 amide bonds. The number of hydrogen-bond acceptors (Lipinski definition) is 5. The van der Waals surface area contributed by atoms with Gasteiger partial charge in [-0.25, -0.2) is 15.0 Å². The second-order valence-electron chi connectivity index (χ2n) is 17.5. The summed E-state index contributed by atoms with van der Waals surface area (Å²) < 4.78 is 18.4. The highest BCUT2D eigenvalue weighted by atomic mass is 16.3. The van der Waals surface area contributed by atoms with Gasteiger partial charge < -0.3 is 18.0 Å². The molecule has 316 valence electrons. The lowest BCUT2D eigenvalue weighted by Crippen LogP contribution is -2.03. The zero-order valence-electron chi connectivity index (χ0n) is 36.3. The first-order valence-corrected chi connectivity index (χ1v) is 22.9. The predicted octanol–water partition coefficient (Wildman–Crippen LogP) is 16.0. The van der Waals surface area contributed by atoms with Crippen LogP contribution >= 0.6 is 0 Å². The maximum atomic E-state index is 7.02. The Kier molecular flexibility index (Phi) is 7.65. The first-order chi connectivity index (χ1) is 33.7. The normalized spacial score (nSPS) is 12.1. The molecule has 5 aromatic heterocycles. The minimum atomic E-state index is 0.487. The van der Waals surface area contributed by atoms with Gasteiger partial charge in [0.2, 0.25) is 0 Å². The fourth-order valence-corrected chi connectivity index (χ4v) is 10.8. The molecule has 68 heavy (non-hydrogen) atoms. The maximum Gasteiger partial charge on any atom is 0.167 e. The van der Waals surface area contributed by atoms with Crippen LogP contribution in [0.5, 0.6) is 0 Å². The molecule has 0 aliphatic heterocycles. The molecule has 7 nitrogen and oxygen atoms in total. The largest absolute Gasteiger partial charge is 0.455 e. The summed E-state index contributed by atoms with van der Waals surface area (Å²) in [4.78, 5) is 16.3. The van der Waals surface area contributed by atoms with E-state index in [-0.39, 0.29) is 0 Å². The molecule has 0 aliphatic rings. The van der Waals surface area contributed by atoms with Crippen LogP contribution in [0.15, 0.2) is 221 Å². The summed E-state index contributed by atoms with van der Waals surface area (Å²) in [5.41, 5.74) is 11.8. The molecule has 10 aromatic carbocycles. The van der Waals surface area contributed by atoms with E-state index in [0.717, 1.165) is 99.2 Å². The van der Waals surface area contributed by atoms with Gasteiger partial charge in [-0.05, 0) is 83.6 Å². The summed E-state index contributed by atoms with van der Waals surface area (Å²) in [6.07, 6.45) is 0. The quantitative estimate of drug-likeness (QED) is 0.172. The number of fused-ring (bicyclic) bond motifs is 13. The zero-order chi connectivity index (χ0) is 44.5. The summed E-state index contributed by atoms with van der Waals surface area (Å²) >= 11 is 0. The van der Waals surface area contributed by atoms with Crippen LogP contribution in [0.1, 0.15) is 0 Å². The Morgan fingerprint density at radius 3 is 1.62 bits per heavy atom. The van der Waals surface area contributed by atoms with Crippen molar-refractivity contribution >= 4 is 98.3 Å². The van der Waals surface area contributed by atoms with Crippen molar-refractivity contribution in [1.29, 1.82) is 0 Å². The van der Waals surface area contributed by atoms with Crippen molar-refractivity contribution in [3.63, 3.8) is 0 Å². The van der Waals surface area contributed by atoms with Crippen LogP contribution in [0.25, 0.3) is 144 Å². The Morgan fingerprint density at radius 1 is 0.324 bits per heavy atom. The highest BCUT2D eigenvalue weighted by Gasteiger charge is 2.26. The predicted molar refractivity (Wildman–Crippen MR) is 277 cm³/mol. The average molecular weight is 870 g/mol. The van der Waals surface area contributed by atoms with Crippen molar-refractivity contribution in [2.45, 2.75) is 0 Å². The second kappa shape index (κ2) is 14.1. The Hall–Kier alpha value is -9.33. The number of furan rings is 2. The van der Waals surface area contributed by atoms with Crippen molar-refractivity contribution in [1.82, 2.24) is 24.1 Å². The van der Waals surface area contributed by atoms with Crippen LogP contribution in [0.4, 0.5) is 0 Å². The Bertz CT molecular complexity index is 4570. The first-order valence-electron chi connectivity index (χ1n) is 22.9. The Morgan fingerprint density at radius 2 is 0.853 bits per heavy atom. The van der Waals surface area contributed by atoms with Crippen molar-refractivity contribution in [3.05, 3.63) is 212 Å². The van der Waals surface area contributed by atoms with E-state index in [1.165, 1.54) is 21.5 Å². The van der Waals surface area contributed by atoms with Crippen molar-refractivity contribution in [2.24, 2.45) is 0 Å². The van der Waals surface area contributed by atoms with Gasteiger partial charge in [0.05, 0.1) is 44.3 Å². The molecule has 0 fully saturated rings. The minimum absolute atomic E-state index is 0.487. The van der Waals surface area contributed by atoms with Gasteiger partial charge in [-0.3, -0.25) is 0 Å². The van der Waals surface area contributed by atoms with Gasteiger partial charge in [0.1, 0.15) is 22.3 Å². The van der Waals surface area contributed by atoms with Crippen LogP contribution in [0.2, 0.25) is 0 Å². The molecular formula is C61H35N5O2. The fourth-order valence-electron chi connectivity index (χ4n) is 10.8. The summed E-state index contributed by atoms with van der Waals surface area (Å²) in [7, 11) is 0. The van der Waals surface area contributed by atoms with Gasteiger partial charge in [0.25, 0.3) is 0 Å². The third kappa shape index (κ3) is 5.26. The van der Waals surface area contributed by atoms with Crippen LogP contribution in [-0.4, -0.2) is 24.1 Å². The SMILES string of the molecule is c1ccc(-n2c3ccccc3c3cccc(-c4nc(-c5cccc6c5oc5ccccc56)nc(-c5ccc(-n6c7ccccc7c7cc8ccccc8cc76)c6c5oc5ccccc56)n4)c32)cc1. The summed E-state index contributed by atoms with van der Waals surface area (Å²) in [5, 5.41) is 11.0. The number of benzene rings is 10. The maximum absolute atomic E-state index is 7.02. The fraction of sp³-hybridized carbons (Fsp3) is 0. The molecule has 0 atom stereocenters. The number of aromatic nitrogens is 5. The van der Waals surface area contributed by atoms with Crippen LogP contribution < -0.4 is 0 Å². The van der Waals surface area contributed by atoms with Crippen molar-refractivity contribution in [3.8, 4) is 45.5 Å². The summed E-state index contributed by atoms with van der Waals surface area (Å²) in [6, 6.07) is 74.3. The number of nitrogens with zero attached hydrogens (tertiary/aromatic N) is 5. The van der Waals surface area contributed by atoms with Gasteiger partial charge in [0, 0.05) is 49.0 Å². The van der Waals surface area contributed by atoms with E-state index in [1.807, 2.05) is 36.4 Å². The lowest BCUT2D eigenvalue weighted by atomic mass is 10.0. The second-order valence-corrected chi connectivity index (χ2v) is 17.5. The molecular weight excluding hydrogens is 835 g/mol. The summed E-state index contributed by atoms with van der Waals surface area (Å²) in [6.45, 7) is 0. The molecule has 15 aromatic rings. The van der Waals surface area contributed by atoms with Crippen molar-refractivity contribution < 1.29 is 8.83 Å². The highest BCUT2D eigenvalue weighted by Crippen LogP contribution is 2.45. The minimum Gasteiger partial charge on any atom is -0.455 e. The number of para-hydroxylation sites is 7. The van der Waals surface area contributed by atoms with E-state index in [4.69, 9.17) is 23.8 Å². The van der Waals surface area contributed by atoms with E-state index in [9.17, 15) is 0 Å². The summed E-state index contributed by atoms with van der Waals surface area (Å²) in [5.74, 6) is 1.52. The monoisotopic (exact) mass is 869 g/mol. The van der Waals surface area contributed by atoms with Gasteiger partial charge in [-0.2, -0.15) is 0 Å². The van der Waals surface area contributed by atoms with Crippen LogP contribution in [0.3, 0.4) is 0 Å². The third-order valence-corrected chi connectivity index (χ3v) is 13.8. The number of rotatable bonds is 5. The standard InChI is InChI=1S/C61H35N5O2/c1-2-18-38(19-3-1)65-49-28-10-6-20-39(49)42-24-14-26-45(56(42)65)59-62-60(46-27-15-25-43-41-22-8-12-30-53(41)67-57(43)46)64-61(63-59)47-32-33-51(55-44-23-9-13-31-54(44)68-58(47)55)66-50-29-11-7-21-40(50)48-34-36-16-4-5-17-37(36)35-52(48)66/h1-35H. The zero-order valence-corrected chi connectivity index (χ0v) is 36.3. The van der Waals surface area contributed by atoms with Gasteiger partial charge in [-0.1, -0.05) is 140 Å². The first kappa shape index (κ1) is 36.9. The van der Waals surface area contributed by atoms with Gasteiger partial charge in [-0.15, -0.1) is 0 Å². The van der Waals surface area contributed by atoms with Crippen LogP contribution in [0, 0.1) is 0 Å². The highest BCUT2D eigenvalue weighted by molar-refractivity contribution is 6.19. The molecule has 0 saturated carbocycles. The Labute approximate surface area is 387 Å². The topological polar surface area (TPSA) is 74.8 Å². The smallest absolute Gasteiger partial charge is 0.167 e. The molecule has 0 unspecified atom stereocenters. The molecule has 0 N–H and O–H groups in total. The molecule has 7 heteroatoms. The average Bonchev–Trinajstić information content (AvgIpc) is 4.16. The number of hydrogen-bond donors (Lipinski definition) is 0. The van der Waals surface area contributed by atoms with E-state index in [0.29, 0.717) is 23.1 Å². The lowest BCUT2D eigenvalue weighted by Gasteiger charge is -2.14. The van der Waals surface area contributed by atoms with Gasteiger partial charge >= 0.3 is 0 Å². The molecule has 15 rings (SSSR count). The third-order valence-electron chi connectivity index (χ3n) is 13.8. The molecule has 0 bridgehead atoms. The molecule has 0 saturated heterocycles. The Balaban J connectivity index is 1.05. The van der Waals surface area contributed by atoms with E-state index >= 15 is 0 Å². The molecule has 0 aliphatic carbocycles. The molecule has 0 radical (unpaired) electrons.